The van der Waals surface area contributed by atoms with Gasteiger partial charge in [0.05, 0.1) is 5.69 Å². The van der Waals surface area contributed by atoms with Crippen LogP contribution >= 0.6 is 11.8 Å². The molecule has 6 nitrogen and oxygen atoms in total. The maximum atomic E-state index is 13.0. The molecule has 30 heavy (non-hydrogen) atoms. The Balaban J connectivity index is 1.54. The van der Waals surface area contributed by atoms with E-state index in [9.17, 15) is 14.4 Å². The van der Waals surface area contributed by atoms with Crippen LogP contribution < -0.4 is 10.2 Å². The van der Waals surface area contributed by atoms with E-state index in [1.165, 1.54) is 38.2 Å². The predicted octanol–water partition coefficient (Wildman–Crippen LogP) is 4.93. The van der Waals surface area contributed by atoms with E-state index in [1.54, 1.807) is 30.0 Å². The van der Waals surface area contributed by atoms with Gasteiger partial charge < -0.3 is 4.42 Å². The van der Waals surface area contributed by atoms with Gasteiger partial charge in [0.1, 0.15) is 11.3 Å². The number of aryl methyl sites for hydroxylation is 1. The van der Waals surface area contributed by atoms with Gasteiger partial charge in [-0.2, -0.15) is 0 Å². The lowest BCUT2D eigenvalue weighted by molar-refractivity contribution is -0.122. The van der Waals surface area contributed by atoms with Gasteiger partial charge in [-0.3, -0.25) is 14.9 Å². The number of nitrogens with zero attached hydrogens (tertiary/aromatic N) is 1. The molecular formula is C23H24N2O4S. The fourth-order valence-corrected chi connectivity index (χ4v) is 4.93. The molecule has 156 valence electrons. The molecule has 4 rings (SSSR count). The average Bonchev–Trinajstić information content (AvgIpc) is 3.19. The van der Waals surface area contributed by atoms with Crippen molar-refractivity contribution >= 4 is 41.4 Å². The maximum absolute atomic E-state index is 13.0. The minimum atomic E-state index is -0.751. The van der Waals surface area contributed by atoms with Crippen LogP contribution in [-0.2, 0) is 16.0 Å². The van der Waals surface area contributed by atoms with Crippen LogP contribution in [0.4, 0.5) is 10.5 Å². The monoisotopic (exact) mass is 424 g/mol. The highest BCUT2D eigenvalue weighted by Crippen LogP contribution is 2.35. The number of amides is 4. The number of urea groups is 1. The highest BCUT2D eigenvalue weighted by Gasteiger charge is 2.37. The van der Waals surface area contributed by atoms with Gasteiger partial charge in [-0.05, 0) is 55.2 Å². The Morgan fingerprint density at radius 2 is 1.80 bits per heavy atom. The van der Waals surface area contributed by atoms with Crippen molar-refractivity contribution in [2.45, 2.75) is 55.8 Å². The first kappa shape index (κ1) is 20.5. The summed E-state index contributed by atoms with van der Waals surface area (Å²) in [7, 11) is 0. The molecule has 2 fully saturated rings. The van der Waals surface area contributed by atoms with Crippen molar-refractivity contribution in [1.82, 2.24) is 5.32 Å². The van der Waals surface area contributed by atoms with Gasteiger partial charge in [0.15, 0.2) is 5.09 Å². The number of hydrogen-bond donors (Lipinski definition) is 1. The zero-order valence-corrected chi connectivity index (χ0v) is 17.7. The molecule has 2 aliphatic rings. The second-order valence-corrected chi connectivity index (χ2v) is 8.82. The number of rotatable bonds is 5. The molecule has 0 atom stereocenters. The van der Waals surface area contributed by atoms with Crippen molar-refractivity contribution in [1.29, 1.82) is 0 Å². The van der Waals surface area contributed by atoms with Crippen LogP contribution in [0.25, 0.3) is 6.08 Å². The van der Waals surface area contributed by atoms with Crippen molar-refractivity contribution in [3.05, 3.63) is 53.3 Å². The molecule has 0 bridgehead atoms. The summed E-state index contributed by atoms with van der Waals surface area (Å²) in [6.07, 6.45) is 8.39. The lowest BCUT2D eigenvalue weighted by Crippen LogP contribution is -2.54. The Morgan fingerprint density at radius 1 is 1.07 bits per heavy atom. The zero-order chi connectivity index (χ0) is 21.1. The summed E-state index contributed by atoms with van der Waals surface area (Å²) in [6, 6.07) is 9.98. The number of furan rings is 1. The van der Waals surface area contributed by atoms with Crippen molar-refractivity contribution in [3.63, 3.8) is 0 Å². The minimum absolute atomic E-state index is 0.127. The number of carbonyl (C=O) groups excluding carboxylic acids is 3. The number of hydrogen-bond acceptors (Lipinski definition) is 5. The van der Waals surface area contributed by atoms with E-state index in [-0.39, 0.29) is 5.57 Å². The van der Waals surface area contributed by atoms with E-state index in [1.807, 2.05) is 25.1 Å². The van der Waals surface area contributed by atoms with E-state index < -0.39 is 17.8 Å². The van der Waals surface area contributed by atoms with Crippen LogP contribution in [-0.4, -0.2) is 23.1 Å². The topological polar surface area (TPSA) is 79.6 Å². The predicted molar refractivity (Wildman–Crippen MR) is 116 cm³/mol. The Morgan fingerprint density at radius 3 is 2.50 bits per heavy atom. The number of carbonyl (C=O) groups is 3. The number of benzene rings is 1. The third kappa shape index (κ3) is 4.36. The van der Waals surface area contributed by atoms with Gasteiger partial charge in [0.25, 0.3) is 11.8 Å². The molecule has 1 N–H and O–H groups in total. The molecule has 1 aromatic carbocycles. The fraction of sp³-hybridized carbons (Fsp3) is 0.348. The molecule has 4 amide bonds. The van der Waals surface area contributed by atoms with Gasteiger partial charge in [-0.1, -0.05) is 50.1 Å². The van der Waals surface area contributed by atoms with E-state index in [0.717, 1.165) is 22.0 Å². The molecule has 2 aromatic rings. The average molecular weight is 425 g/mol. The number of thioether (sulfide) groups is 1. The molecule has 2 heterocycles. The highest BCUT2D eigenvalue weighted by molar-refractivity contribution is 7.99. The number of imide groups is 2. The summed E-state index contributed by atoms with van der Waals surface area (Å²) in [4.78, 5) is 38.6. The van der Waals surface area contributed by atoms with Gasteiger partial charge in [-0.15, -0.1) is 0 Å². The van der Waals surface area contributed by atoms with Gasteiger partial charge in [0.2, 0.25) is 0 Å². The molecule has 7 heteroatoms. The van der Waals surface area contributed by atoms with Crippen LogP contribution in [0, 0.1) is 0 Å². The van der Waals surface area contributed by atoms with Crippen molar-refractivity contribution in [2.75, 3.05) is 4.90 Å². The minimum Gasteiger partial charge on any atom is -0.450 e. The van der Waals surface area contributed by atoms with E-state index in [2.05, 4.69) is 5.32 Å². The summed E-state index contributed by atoms with van der Waals surface area (Å²) < 4.78 is 5.83. The molecule has 0 radical (unpaired) electrons. The lowest BCUT2D eigenvalue weighted by atomic mass is 10.0. The molecule has 0 spiro atoms. The Bertz CT molecular complexity index is 987. The molecule has 1 saturated carbocycles. The van der Waals surface area contributed by atoms with E-state index in [0.29, 0.717) is 16.7 Å². The quantitative estimate of drug-likeness (QED) is 0.544. The summed E-state index contributed by atoms with van der Waals surface area (Å²) in [5.41, 5.74) is 1.38. The molecular weight excluding hydrogens is 400 g/mol. The van der Waals surface area contributed by atoms with Crippen LogP contribution in [0.1, 0.15) is 50.4 Å². The molecule has 1 saturated heterocycles. The number of barbiturate groups is 1. The fourth-order valence-electron chi connectivity index (χ4n) is 3.74. The smallest absolute Gasteiger partial charge is 0.335 e. The maximum Gasteiger partial charge on any atom is 0.335 e. The van der Waals surface area contributed by atoms with Crippen LogP contribution in [0.5, 0.6) is 0 Å². The van der Waals surface area contributed by atoms with Crippen LogP contribution in [0.3, 0.4) is 0 Å². The third-order valence-corrected chi connectivity index (χ3v) is 6.68. The first-order valence-corrected chi connectivity index (χ1v) is 11.2. The SMILES string of the molecule is CCc1ccc(N2C(=O)NC(=O)/C(=C/c3ccc(SC4CCCCC4)o3)C2=O)cc1. The van der Waals surface area contributed by atoms with Gasteiger partial charge in [0, 0.05) is 5.25 Å². The second-order valence-electron chi connectivity index (χ2n) is 7.51. The molecule has 1 aliphatic carbocycles. The zero-order valence-electron chi connectivity index (χ0n) is 16.8. The Kier molecular flexibility index (Phi) is 6.08. The molecule has 1 aliphatic heterocycles. The van der Waals surface area contributed by atoms with Crippen molar-refractivity contribution in [3.8, 4) is 0 Å². The number of nitrogens with one attached hydrogen (secondary N) is 1. The van der Waals surface area contributed by atoms with E-state index in [4.69, 9.17) is 4.42 Å². The first-order valence-electron chi connectivity index (χ1n) is 10.3. The summed E-state index contributed by atoms with van der Waals surface area (Å²) >= 11 is 1.70. The van der Waals surface area contributed by atoms with Crippen molar-refractivity contribution in [2.24, 2.45) is 0 Å². The Labute approximate surface area is 179 Å². The van der Waals surface area contributed by atoms with Crippen LogP contribution in [0.15, 0.2) is 51.5 Å². The normalized spacial score (nSPS) is 19.4. The molecule has 1 aromatic heterocycles. The highest BCUT2D eigenvalue weighted by atomic mass is 32.2. The van der Waals surface area contributed by atoms with E-state index >= 15 is 0 Å². The Hall–Kier alpha value is -2.80. The van der Waals surface area contributed by atoms with Crippen LogP contribution in [0.2, 0.25) is 0 Å². The summed E-state index contributed by atoms with van der Waals surface area (Å²) in [5.74, 6) is -0.961. The summed E-state index contributed by atoms with van der Waals surface area (Å²) in [5, 5.41) is 3.57. The first-order chi connectivity index (χ1) is 14.5. The van der Waals surface area contributed by atoms with Gasteiger partial charge >= 0.3 is 6.03 Å². The van der Waals surface area contributed by atoms with Crippen molar-refractivity contribution < 1.29 is 18.8 Å². The number of anilines is 1. The second kappa shape index (κ2) is 8.92. The standard InChI is InChI=1S/C23H24N2O4S/c1-2-15-8-10-16(11-9-15)25-22(27)19(21(26)24-23(25)28)14-17-12-13-20(29-17)30-18-6-4-3-5-7-18/h8-14,18H,2-7H2,1H3,(H,24,26,28)/b19-14-. The molecule has 0 unspecified atom stereocenters. The van der Waals surface area contributed by atoms with Gasteiger partial charge in [-0.25, -0.2) is 9.69 Å². The largest absolute Gasteiger partial charge is 0.450 e. The third-order valence-electron chi connectivity index (χ3n) is 5.43. The lowest BCUT2D eigenvalue weighted by Gasteiger charge is -2.26. The summed E-state index contributed by atoms with van der Waals surface area (Å²) in [6.45, 7) is 2.03.